The molecular weight excluding hydrogens is 1060 g/mol. The molecule has 1 fully saturated rings. The second kappa shape index (κ2) is 27.1. The summed E-state index contributed by atoms with van der Waals surface area (Å²) >= 11 is 0. The predicted molar refractivity (Wildman–Crippen MR) is 290 cm³/mol. The first-order valence-electron chi connectivity index (χ1n) is 27.3. The average molecular weight is 1140 g/mol. The zero-order chi connectivity index (χ0) is 59.7. The molecule has 6 N–H and O–H groups in total. The molecule has 0 radical (unpaired) electrons. The van der Waals surface area contributed by atoms with Crippen molar-refractivity contribution in [1.29, 1.82) is 0 Å². The monoisotopic (exact) mass is 1130 g/mol. The summed E-state index contributed by atoms with van der Waals surface area (Å²) in [6.07, 6.45) is 3.31. The minimum atomic E-state index is -2.05. The van der Waals surface area contributed by atoms with Crippen LogP contribution in [0.25, 0.3) is 0 Å². The summed E-state index contributed by atoms with van der Waals surface area (Å²) in [4.78, 5) is 113. The highest BCUT2D eigenvalue weighted by Gasteiger charge is 2.54. The van der Waals surface area contributed by atoms with Crippen LogP contribution in [0.15, 0.2) is 52.5 Å². The average Bonchev–Trinajstić information content (AvgIpc) is 2.29. The molecule has 0 saturated carbocycles. The zero-order valence-corrected chi connectivity index (χ0v) is 48.2. The number of benzene rings is 1. The van der Waals surface area contributed by atoms with Crippen molar-refractivity contribution in [3.05, 3.63) is 69.8 Å². The number of ether oxygens (including phenoxy) is 8. The molecule has 1 aliphatic carbocycles. The Kier molecular flexibility index (Phi) is 21.1. The van der Waals surface area contributed by atoms with Gasteiger partial charge in [-0.1, -0.05) is 66.7 Å². The van der Waals surface area contributed by atoms with Crippen molar-refractivity contribution in [3.63, 3.8) is 0 Å². The van der Waals surface area contributed by atoms with E-state index >= 15 is 0 Å². The number of hydrogen-bond acceptors (Lipinski definition) is 22. The molecule has 5 aliphatic heterocycles. The maximum absolute atomic E-state index is 15.0. The maximum Gasteiger partial charge on any atom is 0.410 e. The van der Waals surface area contributed by atoms with Gasteiger partial charge in [0.2, 0.25) is 12.6 Å². The van der Waals surface area contributed by atoms with Crippen LogP contribution in [0.1, 0.15) is 120 Å². The normalized spacial score (nSPS) is 28.0. The molecule has 1 aromatic carbocycles. The van der Waals surface area contributed by atoms with Crippen LogP contribution in [0.2, 0.25) is 0 Å². The lowest BCUT2D eigenvalue weighted by Crippen LogP contribution is -2.50. The van der Waals surface area contributed by atoms with Crippen molar-refractivity contribution in [3.8, 4) is 11.5 Å². The minimum absolute atomic E-state index is 0.00808. The van der Waals surface area contributed by atoms with E-state index in [9.17, 15) is 48.6 Å². The largest absolute Gasteiger partial charge is 0.507 e. The van der Waals surface area contributed by atoms with E-state index in [-0.39, 0.29) is 76.8 Å². The second-order valence-corrected chi connectivity index (χ2v) is 21.7. The summed E-state index contributed by atoms with van der Waals surface area (Å²) in [5.74, 6) is -10.1. The molecule has 9 atom stereocenters. The Bertz CT molecular complexity index is 2760. The lowest BCUT2D eigenvalue weighted by Gasteiger charge is -2.39. The van der Waals surface area contributed by atoms with Crippen LogP contribution in [0.4, 0.5) is 4.79 Å². The molecule has 0 aromatic heterocycles. The Morgan fingerprint density at radius 1 is 0.889 bits per heavy atom. The number of nitrogens with zero attached hydrogens (tertiary/aromatic N) is 2. The number of aliphatic imine (C=N–C) groups is 1. The Morgan fingerprint density at radius 2 is 1.58 bits per heavy atom. The van der Waals surface area contributed by atoms with Gasteiger partial charge in [0.05, 0.1) is 47.6 Å². The number of alkyl carbamates (subject to hydrolysis) is 1. The van der Waals surface area contributed by atoms with Gasteiger partial charge < -0.3 is 74.3 Å². The number of hydrogen-bond donors (Lipinski definition) is 6. The molecule has 6 aliphatic rings. The molecule has 24 heteroatoms. The molecule has 5 bridgehead atoms. The summed E-state index contributed by atoms with van der Waals surface area (Å²) in [5, 5.41) is 35.4. The molecule has 1 aromatic rings. The van der Waals surface area contributed by atoms with Crippen molar-refractivity contribution >= 4 is 53.2 Å². The number of nitrogens with one attached hydrogen (secondary N) is 4. The number of likely N-dealkylation sites (tertiary alicyclic amines) is 1. The second-order valence-electron chi connectivity index (χ2n) is 21.7. The molecule has 2 amide bonds. The van der Waals surface area contributed by atoms with Crippen molar-refractivity contribution in [2.45, 2.75) is 131 Å². The van der Waals surface area contributed by atoms with E-state index in [1.54, 1.807) is 46.8 Å². The SMILES string of the molecule is CCC(=O)OCOC(=O)NCC(=O)OCCNCC(=O)O[C@@H]1[C@@H](C)[C@@H](O)[C@@H](C)[C@H](OC(C)=O)[C@H](C)[C@@H](OC)/C=C/O[C@@]2(C)Oc3c(C)c(O)c4c(c3C2=O)C2=NC3(CCN(CC(C)C)CC3)NC2=C(NC(=O)/C(C)=C\C=C\[C@@H]1C)C4=O. The van der Waals surface area contributed by atoms with Crippen LogP contribution in [0, 0.1) is 36.5 Å². The van der Waals surface area contributed by atoms with Gasteiger partial charge in [-0.2, -0.15) is 0 Å². The molecule has 1 saturated heterocycles. The van der Waals surface area contributed by atoms with E-state index in [1.165, 1.54) is 53.2 Å². The Labute approximate surface area is 471 Å². The Balaban J connectivity index is 1.31. The number of esters is 4. The van der Waals surface area contributed by atoms with Crippen molar-refractivity contribution in [2.75, 3.05) is 59.8 Å². The molecule has 81 heavy (non-hydrogen) atoms. The van der Waals surface area contributed by atoms with Crippen molar-refractivity contribution in [1.82, 2.24) is 26.2 Å². The van der Waals surface area contributed by atoms with Crippen molar-refractivity contribution in [2.24, 2.45) is 34.6 Å². The van der Waals surface area contributed by atoms with Gasteiger partial charge in [0.25, 0.3) is 11.7 Å². The van der Waals surface area contributed by atoms with Gasteiger partial charge in [-0.15, -0.1) is 0 Å². The number of Topliss-reactive ketones (excluding diaryl/α,β-unsaturated/α-hetero) is 2. The third-order valence-corrected chi connectivity index (χ3v) is 15.1. The van der Waals surface area contributed by atoms with Crippen LogP contribution >= 0.6 is 0 Å². The first-order chi connectivity index (χ1) is 38.3. The number of allylic oxidation sites excluding steroid dienone is 4. The number of piperidine rings is 1. The molecule has 0 unspecified atom stereocenters. The Morgan fingerprint density at radius 3 is 2.23 bits per heavy atom. The number of aliphatic hydroxyl groups excluding tert-OH is 1. The van der Waals surface area contributed by atoms with Gasteiger partial charge in [-0.05, 0) is 25.8 Å². The van der Waals surface area contributed by atoms with Crippen LogP contribution in [-0.4, -0.2) is 164 Å². The van der Waals surface area contributed by atoms with Gasteiger partial charge >= 0.3 is 35.8 Å². The summed E-state index contributed by atoms with van der Waals surface area (Å²) in [6.45, 7) is 18.8. The van der Waals surface area contributed by atoms with E-state index in [2.05, 4.69) is 49.5 Å². The van der Waals surface area contributed by atoms with Gasteiger partial charge in [-0.3, -0.25) is 38.6 Å². The first-order valence-corrected chi connectivity index (χ1v) is 27.3. The Hall–Kier alpha value is -7.15. The lowest BCUT2D eigenvalue weighted by atomic mass is 9.78. The lowest BCUT2D eigenvalue weighted by molar-refractivity contribution is -0.165. The summed E-state index contributed by atoms with van der Waals surface area (Å²) in [5.41, 5.74) is -0.740. The highest BCUT2D eigenvalue weighted by atomic mass is 16.7. The van der Waals surface area contributed by atoms with Crippen LogP contribution in [0.3, 0.4) is 0 Å². The molecule has 1 spiro atoms. The summed E-state index contributed by atoms with van der Waals surface area (Å²) in [6, 6.07) is 0. The fourth-order valence-corrected chi connectivity index (χ4v) is 10.6. The molecular formula is C57H78N6O18. The van der Waals surface area contributed by atoms with E-state index in [1.807, 2.05) is 0 Å². The van der Waals surface area contributed by atoms with Gasteiger partial charge in [0.15, 0.2) is 0 Å². The number of carbonyl (C=O) groups excluding carboxylic acids is 8. The van der Waals surface area contributed by atoms with Crippen molar-refractivity contribution < 1.29 is 86.5 Å². The van der Waals surface area contributed by atoms with Gasteiger partial charge in [0, 0.05) is 107 Å². The van der Waals surface area contributed by atoms with Crippen LogP contribution in [0.5, 0.6) is 11.5 Å². The van der Waals surface area contributed by atoms with Crippen LogP contribution < -0.4 is 26.0 Å². The zero-order valence-electron chi connectivity index (χ0n) is 48.2. The van der Waals surface area contributed by atoms with E-state index in [4.69, 9.17) is 33.4 Å². The number of rotatable bonds is 15. The number of phenols is 1. The third kappa shape index (κ3) is 14.7. The number of methoxy groups -OCH3 is 1. The van der Waals surface area contributed by atoms with Gasteiger partial charge in [0.1, 0.15) is 48.2 Å². The first kappa shape index (κ1) is 63.0. The van der Waals surface area contributed by atoms with E-state index in [0.29, 0.717) is 31.8 Å². The summed E-state index contributed by atoms with van der Waals surface area (Å²) < 4.78 is 44.7. The summed E-state index contributed by atoms with van der Waals surface area (Å²) in [7, 11) is 1.42. The minimum Gasteiger partial charge on any atom is -0.507 e. The number of phenolic OH excluding ortho intramolecular Hbond substituents is 1. The number of aromatic hydroxyl groups is 1. The van der Waals surface area contributed by atoms with Crippen LogP contribution in [-0.2, 0) is 57.1 Å². The molecule has 24 nitrogen and oxygen atoms in total. The number of aliphatic hydroxyl groups is 1. The molecule has 7 rings (SSSR count). The number of fused-ring (bicyclic) bond motifs is 13. The number of carbonyl (C=O) groups is 8. The standard InChI is InChI=1S/C57H78N6O18/c1-13-38(65)76-28-77-55(73)59-26-39(66)75-24-20-58-25-40(67)80-50-30(4)15-14-16-31(5)54(72)60-46-45-44(61-57(62-45)18-21-63(22-19-57)27-29(2)3)41-42(49(46)70)48(69)35(9)52-43(41)53(71)56(11,81-52)78-23-17-37(74-12)32(6)51(79-36(10)64)34(8)47(68)33(50)7/h14-17,23,29-30,32-34,37,47,50-51,58,62,68-69H,13,18-22,24-28H2,1-12H3,(H,59,73)(H,60,72)/b15-14+,23-17+,31-16-/t30-,32+,33-,34+,37-,47+,50-,51+,56-/m0/s1. The van der Waals surface area contributed by atoms with E-state index < -0.39 is 126 Å². The fraction of sp³-hybridized carbons (Fsp3) is 0.596. The third-order valence-electron chi connectivity index (χ3n) is 15.1. The highest BCUT2D eigenvalue weighted by molar-refractivity contribution is 6.34. The number of ketones is 2. The highest BCUT2D eigenvalue weighted by Crippen LogP contribution is 2.50. The quantitative estimate of drug-likeness (QED) is 0.0627. The fourth-order valence-electron chi connectivity index (χ4n) is 10.6. The number of amides is 2. The molecule has 444 valence electrons. The predicted octanol–water partition coefficient (Wildman–Crippen LogP) is 3.94. The van der Waals surface area contributed by atoms with Gasteiger partial charge in [-0.25, -0.2) is 4.79 Å². The maximum atomic E-state index is 15.0. The van der Waals surface area contributed by atoms with E-state index in [0.717, 1.165) is 6.54 Å². The molecule has 5 heterocycles. The topological polar surface area (TPSA) is 315 Å². The smallest absolute Gasteiger partial charge is 0.410 e.